The first-order valence-electron chi connectivity index (χ1n) is 5.27. The van der Waals surface area contributed by atoms with Gasteiger partial charge in [-0.25, -0.2) is 9.97 Å². The SMILES string of the molecule is Cc1ncc(C(C)N[S@@+]([O-])C(C)(C)C)cn1. The predicted molar refractivity (Wildman–Crippen MR) is 66.2 cm³/mol. The molecule has 0 fully saturated rings. The van der Waals surface area contributed by atoms with Crippen LogP contribution >= 0.6 is 0 Å². The molecule has 0 spiro atoms. The number of hydrogen-bond acceptors (Lipinski definition) is 4. The van der Waals surface area contributed by atoms with Crippen LogP contribution in [0.4, 0.5) is 0 Å². The van der Waals surface area contributed by atoms with Crippen LogP contribution in [0.2, 0.25) is 0 Å². The number of hydrogen-bond donors (Lipinski definition) is 1. The first-order valence-corrected chi connectivity index (χ1v) is 6.42. The molecule has 4 nitrogen and oxygen atoms in total. The minimum atomic E-state index is -1.08. The van der Waals surface area contributed by atoms with Gasteiger partial charge in [0.05, 0.1) is 6.04 Å². The molecular weight excluding hydrogens is 222 g/mol. The van der Waals surface area contributed by atoms with Crippen molar-refractivity contribution in [2.75, 3.05) is 0 Å². The predicted octanol–water partition coefficient (Wildman–Crippen LogP) is 1.90. The highest BCUT2D eigenvalue weighted by atomic mass is 32.2. The molecule has 5 heteroatoms. The number of nitrogens with one attached hydrogen (secondary N) is 1. The normalized spacial score (nSPS) is 15.9. The molecule has 0 radical (unpaired) electrons. The lowest BCUT2D eigenvalue weighted by Crippen LogP contribution is -2.40. The third-order valence-corrected chi connectivity index (χ3v) is 3.82. The molecule has 0 bridgehead atoms. The molecule has 1 aromatic heterocycles. The van der Waals surface area contributed by atoms with Crippen molar-refractivity contribution in [3.8, 4) is 0 Å². The lowest BCUT2D eigenvalue weighted by molar-refractivity contribution is 0.530. The standard InChI is InChI=1S/C11H19N3OS/c1-8(14-16(15)11(3,4)5)10-6-12-9(2)13-7-10/h6-8,14H,1-5H3/t8?,16-/m0/s1. The first kappa shape index (κ1) is 13.4. The Hall–Kier alpha value is -0.650. The highest BCUT2D eigenvalue weighted by Crippen LogP contribution is 2.18. The number of nitrogens with zero attached hydrogens (tertiary/aromatic N) is 2. The topological polar surface area (TPSA) is 60.9 Å². The van der Waals surface area contributed by atoms with Gasteiger partial charge in [-0.05, 0) is 34.6 Å². The summed E-state index contributed by atoms with van der Waals surface area (Å²) >= 11 is -1.08. The van der Waals surface area contributed by atoms with Crippen LogP contribution in [0.3, 0.4) is 0 Å². The van der Waals surface area contributed by atoms with Gasteiger partial charge in [-0.15, -0.1) is 4.72 Å². The minimum Gasteiger partial charge on any atom is -0.598 e. The molecule has 0 amide bonds. The molecule has 2 atom stereocenters. The van der Waals surface area contributed by atoms with Crippen LogP contribution in [-0.4, -0.2) is 19.3 Å². The largest absolute Gasteiger partial charge is 0.598 e. The van der Waals surface area contributed by atoms with Crippen molar-refractivity contribution in [1.29, 1.82) is 0 Å². The van der Waals surface area contributed by atoms with Crippen molar-refractivity contribution in [3.05, 3.63) is 23.8 Å². The molecule has 0 aliphatic rings. The molecule has 1 heterocycles. The number of aromatic nitrogens is 2. The fourth-order valence-corrected chi connectivity index (χ4v) is 1.84. The molecule has 16 heavy (non-hydrogen) atoms. The molecule has 1 unspecified atom stereocenters. The van der Waals surface area contributed by atoms with E-state index in [0.29, 0.717) is 0 Å². The van der Waals surface area contributed by atoms with Gasteiger partial charge in [0.15, 0.2) is 0 Å². The fraction of sp³-hybridized carbons (Fsp3) is 0.636. The van der Waals surface area contributed by atoms with Crippen LogP contribution in [0, 0.1) is 6.92 Å². The zero-order valence-electron chi connectivity index (χ0n) is 10.4. The van der Waals surface area contributed by atoms with Gasteiger partial charge in [0, 0.05) is 29.3 Å². The van der Waals surface area contributed by atoms with Gasteiger partial charge in [-0.3, -0.25) is 0 Å². The summed E-state index contributed by atoms with van der Waals surface area (Å²) < 4.78 is 14.7. The zero-order valence-corrected chi connectivity index (χ0v) is 11.3. The van der Waals surface area contributed by atoms with E-state index in [-0.39, 0.29) is 10.8 Å². The molecule has 0 aromatic carbocycles. The van der Waals surface area contributed by atoms with Gasteiger partial charge < -0.3 is 4.55 Å². The van der Waals surface area contributed by atoms with Crippen molar-refractivity contribution >= 4 is 11.4 Å². The Balaban J connectivity index is 2.65. The minimum absolute atomic E-state index is 0.0133. The zero-order chi connectivity index (χ0) is 12.3. The van der Waals surface area contributed by atoms with Crippen molar-refractivity contribution < 1.29 is 4.55 Å². The Morgan fingerprint density at radius 3 is 2.25 bits per heavy atom. The van der Waals surface area contributed by atoms with Gasteiger partial charge in [0.2, 0.25) is 0 Å². The summed E-state index contributed by atoms with van der Waals surface area (Å²) in [6.07, 6.45) is 3.53. The van der Waals surface area contributed by atoms with E-state index in [4.69, 9.17) is 0 Å². The van der Waals surface area contributed by atoms with Crippen LogP contribution < -0.4 is 4.72 Å². The molecule has 1 N–H and O–H groups in total. The smallest absolute Gasteiger partial charge is 0.136 e. The molecule has 0 saturated carbocycles. The molecular formula is C11H19N3OS. The highest BCUT2D eigenvalue weighted by molar-refractivity contribution is 7.90. The Bertz CT molecular complexity index is 334. The summed E-state index contributed by atoms with van der Waals surface area (Å²) in [5.41, 5.74) is 0.947. The Morgan fingerprint density at radius 1 is 1.31 bits per heavy atom. The third-order valence-electron chi connectivity index (χ3n) is 2.14. The molecule has 0 aliphatic heterocycles. The van der Waals surface area contributed by atoms with Crippen LogP contribution in [0.15, 0.2) is 12.4 Å². The molecule has 1 aromatic rings. The fourth-order valence-electron chi connectivity index (χ4n) is 1.03. The lowest BCUT2D eigenvalue weighted by Gasteiger charge is -2.26. The van der Waals surface area contributed by atoms with Crippen molar-refractivity contribution in [2.45, 2.75) is 45.4 Å². The van der Waals surface area contributed by atoms with E-state index < -0.39 is 11.4 Å². The monoisotopic (exact) mass is 241 g/mol. The van der Waals surface area contributed by atoms with E-state index in [9.17, 15) is 4.55 Å². The van der Waals surface area contributed by atoms with Gasteiger partial charge in [0.1, 0.15) is 10.6 Å². The van der Waals surface area contributed by atoms with Crippen molar-refractivity contribution in [1.82, 2.24) is 14.7 Å². The van der Waals surface area contributed by atoms with Crippen LogP contribution in [0.25, 0.3) is 0 Å². The number of rotatable bonds is 3. The summed E-state index contributed by atoms with van der Waals surface area (Å²) in [5, 5.41) is 0. The maximum absolute atomic E-state index is 11.9. The first-order chi connectivity index (χ1) is 7.30. The van der Waals surface area contributed by atoms with E-state index in [0.717, 1.165) is 11.4 Å². The van der Waals surface area contributed by atoms with Crippen LogP contribution in [0.1, 0.15) is 45.1 Å². The average Bonchev–Trinajstić information content (AvgIpc) is 2.17. The van der Waals surface area contributed by atoms with E-state index >= 15 is 0 Å². The summed E-state index contributed by atoms with van der Waals surface area (Å²) in [5.74, 6) is 0.743. The third kappa shape index (κ3) is 3.73. The quantitative estimate of drug-likeness (QED) is 0.821. The van der Waals surface area contributed by atoms with Crippen molar-refractivity contribution in [2.24, 2.45) is 0 Å². The molecule has 90 valence electrons. The van der Waals surface area contributed by atoms with E-state index in [2.05, 4.69) is 14.7 Å². The second-order valence-electron chi connectivity index (χ2n) is 4.78. The van der Waals surface area contributed by atoms with E-state index in [1.807, 2.05) is 34.6 Å². The highest BCUT2D eigenvalue weighted by Gasteiger charge is 2.28. The Kier molecular flexibility index (Phi) is 4.29. The Morgan fingerprint density at radius 2 is 1.81 bits per heavy atom. The second-order valence-corrected chi connectivity index (χ2v) is 6.78. The maximum Gasteiger partial charge on any atom is 0.136 e. The van der Waals surface area contributed by atoms with Gasteiger partial charge >= 0.3 is 0 Å². The van der Waals surface area contributed by atoms with Crippen LogP contribution in [0.5, 0.6) is 0 Å². The van der Waals surface area contributed by atoms with Crippen molar-refractivity contribution in [3.63, 3.8) is 0 Å². The molecule has 1 rings (SSSR count). The van der Waals surface area contributed by atoms with Crippen LogP contribution in [-0.2, 0) is 11.4 Å². The molecule has 0 saturated heterocycles. The molecule has 0 aliphatic carbocycles. The summed E-state index contributed by atoms with van der Waals surface area (Å²) in [4.78, 5) is 8.24. The summed E-state index contributed by atoms with van der Waals surface area (Å²) in [6, 6.07) is -0.0133. The number of aryl methyl sites for hydroxylation is 1. The summed E-state index contributed by atoms with van der Waals surface area (Å²) in [6.45, 7) is 9.62. The second kappa shape index (κ2) is 5.12. The van der Waals surface area contributed by atoms with Gasteiger partial charge in [-0.1, -0.05) is 0 Å². The maximum atomic E-state index is 11.9. The Labute approximate surface area is 100 Å². The lowest BCUT2D eigenvalue weighted by atomic mass is 10.2. The summed E-state index contributed by atoms with van der Waals surface area (Å²) in [7, 11) is 0. The average molecular weight is 241 g/mol. The van der Waals surface area contributed by atoms with E-state index in [1.165, 1.54) is 0 Å². The van der Waals surface area contributed by atoms with Gasteiger partial charge in [-0.2, -0.15) is 0 Å². The van der Waals surface area contributed by atoms with Gasteiger partial charge in [0.25, 0.3) is 0 Å². The van der Waals surface area contributed by atoms with E-state index in [1.54, 1.807) is 12.4 Å².